The summed E-state index contributed by atoms with van der Waals surface area (Å²) in [5, 5.41) is 0.100. The molecule has 0 aromatic carbocycles. The first-order valence-corrected chi connectivity index (χ1v) is 6.36. The Balaban J connectivity index is 2.54. The van der Waals surface area contributed by atoms with E-state index in [4.69, 9.17) is 21.7 Å². The van der Waals surface area contributed by atoms with Crippen molar-refractivity contribution in [2.75, 3.05) is 6.67 Å². The van der Waals surface area contributed by atoms with Gasteiger partial charge in [0.25, 0.3) is 0 Å². The van der Waals surface area contributed by atoms with Crippen molar-refractivity contribution in [3.05, 3.63) is 0 Å². The Morgan fingerprint density at radius 3 is 1.47 bits per heavy atom. The van der Waals surface area contributed by atoms with Gasteiger partial charge in [-0.3, -0.25) is 0 Å². The van der Waals surface area contributed by atoms with E-state index in [1.807, 2.05) is 0 Å². The lowest BCUT2D eigenvalue weighted by molar-refractivity contribution is 0.00265. The summed E-state index contributed by atoms with van der Waals surface area (Å²) in [7, 11) is 0. The van der Waals surface area contributed by atoms with Crippen LogP contribution in [0.25, 0.3) is 0 Å². The first kappa shape index (κ1) is 15.7. The predicted octanol–water partition coefficient (Wildman–Crippen LogP) is 2.72. The summed E-state index contributed by atoms with van der Waals surface area (Å²) in [5.74, 6) is 0. The zero-order valence-electron chi connectivity index (χ0n) is 12.1. The number of hydrogen-bond acceptors (Lipinski definition) is 5. The summed E-state index contributed by atoms with van der Waals surface area (Å²) in [6.45, 7) is 10.6. The number of thiocarbonyl (C=S) groups is 1. The van der Waals surface area contributed by atoms with Crippen LogP contribution in [0, 0.1) is 0 Å². The highest BCUT2D eigenvalue weighted by molar-refractivity contribution is 7.80. The van der Waals surface area contributed by atoms with Gasteiger partial charge < -0.3 is 9.47 Å². The van der Waals surface area contributed by atoms with E-state index in [-0.39, 0.29) is 11.8 Å². The molecule has 6 nitrogen and oxygen atoms in total. The van der Waals surface area contributed by atoms with Gasteiger partial charge in [0.2, 0.25) is 0 Å². The SMILES string of the molecule is CC(C)(C)OC(=O)N1CN(C(=O)OC(C)(C)C)C1=S. The molecule has 0 aromatic heterocycles. The highest BCUT2D eigenvalue weighted by Crippen LogP contribution is 2.21. The number of nitrogens with zero attached hydrogens (tertiary/aromatic N) is 2. The van der Waals surface area contributed by atoms with Crippen molar-refractivity contribution >= 4 is 29.5 Å². The second-order valence-electron chi connectivity index (χ2n) is 6.24. The van der Waals surface area contributed by atoms with Crippen molar-refractivity contribution in [3.8, 4) is 0 Å². The molecule has 0 unspecified atom stereocenters. The third-order valence-electron chi connectivity index (χ3n) is 1.97. The number of ether oxygens (including phenoxy) is 2. The molecule has 1 rings (SSSR count). The zero-order chi connectivity index (χ0) is 15.0. The van der Waals surface area contributed by atoms with Crippen LogP contribution in [0.3, 0.4) is 0 Å². The Morgan fingerprint density at radius 1 is 0.947 bits per heavy atom. The summed E-state index contributed by atoms with van der Waals surface area (Å²) in [4.78, 5) is 25.9. The summed E-state index contributed by atoms with van der Waals surface area (Å²) in [5.41, 5.74) is -1.20. The molecular weight excluding hydrogens is 268 g/mol. The van der Waals surface area contributed by atoms with Crippen molar-refractivity contribution in [1.29, 1.82) is 0 Å². The molecular formula is C12H20N2O4S. The average Bonchev–Trinajstić information content (AvgIpc) is 2.09. The smallest absolute Gasteiger partial charge is 0.418 e. The lowest BCUT2D eigenvalue weighted by Crippen LogP contribution is -2.64. The maximum absolute atomic E-state index is 11.7. The molecule has 19 heavy (non-hydrogen) atoms. The third kappa shape index (κ3) is 4.34. The van der Waals surface area contributed by atoms with E-state index in [0.717, 1.165) is 0 Å². The average molecular weight is 288 g/mol. The first-order chi connectivity index (χ1) is 8.41. The van der Waals surface area contributed by atoms with Gasteiger partial charge in [0.15, 0.2) is 5.11 Å². The molecule has 0 atom stereocenters. The maximum Gasteiger partial charge on any atom is 0.418 e. The second kappa shape index (κ2) is 4.96. The molecule has 1 aliphatic heterocycles. The molecule has 1 fully saturated rings. The molecule has 0 aromatic rings. The minimum absolute atomic E-state index is 0.0582. The van der Waals surface area contributed by atoms with Gasteiger partial charge >= 0.3 is 12.2 Å². The number of amides is 2. The van der Waals surface area contributed by atoms with Crippen molar-refractivity contribution in [3.63, 3.8) is 0 Å². The Morgan fingerprint density at radius 2 is 1.26 bits per heavy atom. The molecule has 1 saturated heterocycles. The van der Waals surface area contributed by atoms with Crippen LogP contribution in [-0.4, -0.2) is 45.0 Å². The Kier molecular flexibility index (Phi) is 4.09. The van der Waals surface area contributed by atoms with E-state index >= 15 is 0 Å². The van der Waals surface area contributed by atoms with Crippen molar-refractivity contribution in [2.45, 2.75) is 52.7 Å². The van der Waals surface area contributed by atoms with E-state index in [1.54, 1.807) is 41.5 Å². The molecule has 7 heteroatoms. The number of carbonyl (C=O) groups excluding carboxylic acids is 2. The lowest BCUT2D eigenvalue weighted by atomic mass is 10.2. The van der Waals surface area contributed by atoms with Crippen LogP contribution in [-0.2, 0) is 9.47 Å². The van der Waals surface area contributed by atoms with Crippen LogP contribution in [0.5, 0.6) is 0 Å². The topological polar surface area (TPSA) is 59.1 Å². The standard InChI is InChI=1S/C12H20N2O4S/c1-11(2,3)17-9(15)13-7-14(8(13)19)10(16)18-12(4,5)6/h7H2,1-6H3. The van der Waals surface area contributed by atoms with Gasteiger partial charge in [0, 0.05) is 0 Å². The molecule has 0 saturated carbocycles. The van der Waals surface area contributed by atoms with E-state index < -0.39 is 23.4 Å². The molecule has 0 radical (unpaired) electrons. The highest BCUT2D eigenvalue weighted by Gasteiger charge is 2.42. The Labute approximate surface area is 118 Å². The quantitative estimate of drug-likeness (QED) is 0.641. The molecule has 1 aliphatic rings. The fourth-order valence-electron chi connectivity index (χ4n) is 1.24. The van der Waals surface area contributed by atoms with Crippen LogP contribution < -0.4 is 0 Å². The summed E-state index contributed by atoms with van der Waals surface area (Å²) >= 11 is 5.01. The summed E-state index contributed by atoms with van der Waals surface area (Å²) in [6.07, 6.45) is -1.12. The van der Waals surface area contributed by atoms with Gasteiger partial charge in [0.1, 0.15) is 17.9 Å². The zero-order valence-corrected chi connectivity index (χ0v) is 13.0. The molecule has 0 bridgehead atoms. The van der Waals surface area contributed by atoms with Crippen molar-refractivity contribution in [1.82, 2.24) is 9.80 Å². The van der Waals surface area contributed by atoms with Crippen LogP contribution in [0.4, 0.5) is 9.59 Å². The fraction of sp³-hybridized carbons (Fsp3) is 0.750. The molecule has 0 spiro atoms. The molecule has 1 heterocycles. The maximum atomic E-state index is 11.7. The van der Waals surface area contributed by atoms with Gasteiger partial charge in [-0.15, -0.1) is 0 Å². The van der Waals surface area contributed by atoms with E-state index in [9.17, 15) is 9.59 Å². The van der Waals surface area contributed by atoms with Crippen LogP contribution in [0.2, 0.25) is 0 Å². The van der Waals surface area contributed by atoms with E-state index in [1.165, 1.54) is 9.80 Å². The number of hydrogen-bond donors (Lipinski definition) is 0. The monoisotopic (exact) mass is 288 g/mol. The van der Waals surface area contributed by atoms with Gasteiger partial charge in [-0.05, 0) is 53.8 Å². The first-order valence-electron chi connectivity index (χ1n) is 5.96. The molecule has 0 N–H and O–H groups in total. The summed E-state index contributed by atoms with van der Waals surface area (Å²) < 4.78 is 10.3. The van der Waals surface area contributed by atoms with E-state index in [2.05, 4.69) is 0 Å². The van der Waals surface area contributed by atoms with Crippen LogP contribution in [0.15, 0.2) is 0 Å². The van der Waals surface area contributed by atoms with Gasteiger partial charge in [-0.2, -0.15) is 0 Å². The van der Waals surface area contributed by atoms with Crippen LogP contribution >= 0.6 is 12.2 Å². The van der Waals surface area contributed by atoms with E-state index in [0.29, 0.717) is 0 Å². The van der Waals surface area contributed by atoms with Crippen molar-refractivity contribution < 1.29 is 19.1 Å². The van der Waals surface area contributed by atoms with Crippen LogP contribution in [0.1, 0.15) is 41.5 Å². The van der Waals surface area contributed by atoms with Gasteiger partial charge in [0.05, 0.1) is 0 Å². The Hall–Kier alpha value is -1.37. The van der Waals surface area contributed by atoms with Crippen molar-refractivity contribution in [2.24, 2.45) is 0 Å². The molecule has 2 amide bonds. The Bertz CT molecular complexity index is 373. The minimum atomic E-state index is -0.598. The molecule has 0 aliphatic carbocycles. The molecule has 108 valence electrons. The number of rotatable bonds is 0. The fourth-order valence-corrected chi connectivity index (χ4v) is 1.50. The van der Waals surface area contributed by atoms with Gasteiger partial charge in [-0.25, -0.2) is 19.4 Å². The summed E-state index contributed by atoms with van der Waals surface area (Å²) in [6, 6.07) is 0. The highest BCUT2D eigenvalue weighted by atomic mass is 32.1. The second-order valence-corrected chi connectivity index (χ2v) is 6.61. The van der Waals surface area contributed by atoms with Gasteiger partial charge in [-0.1, -0.05) is 0 Å². The number of carbonyl (C=O) groups is 2. The lowest BCUT2D eigenvalue weighted by Gasteiger charge is -2.42. The normalized spacial score (nSPS) is 16.0. The third-order valence-corrected chi connectivity index (χ3v) is 2.41. The largest absolute Gasteiger partial charge is 0.443 e. The minimum Gasteiger partial charge on any atom is -0.443 e. The predicted molar refractivity (Wildman–Crippen MR) is 73.6 cm³/mol.